The quantitative estimate of drug-likeness (QED) is 0.0250. The molecule has 0 aliphatic heterocycles. The van der Waals surface area contributed by atoms with Crippen LogP contribution >= 0.6 is 0 Å². The molecule has 0 spiro atoms. The van der Waals surface area contributed by atoms with Gasteiger partial charge in [0.15, 0.2) is 0 Å². The normalized spacial score (nSPS) is 14.4. The summed E-state index contributed by atoms with van der Waals surface area (Å²) in [7, 11) is 8.68. The lowest BCUT2D eigenvalue weighted by molar-refractivity contribution is -0.145. The van der Waals surface area contributed by atoms with Crippen LogP contribution in [0, 0.1) is 23.7 Å². The van der Waals surface area contributed by atoms with E-state index in [-0.39, 0.29) is 23.9 Å². The van der Waals surface area contributed by atoms with Crippen molar-refractivity contribution in [3.05, 3.63) is 23.3 Å². The zero-order chi connectivity index (χ0) is 68.8. The van der Waals surface area contributed by atoms with Gasteiger partial charge in [0.1, 0.15) is 0 Å². The minimum atomic E-state index is -0.0308. The molecule has 0 N–H and O–H groups in total. The van der Waals surface area contributed by atoms with Gasteiger partial charge in [0.05, 0.1) is 26.4 Å². The Hall–Kier alpha value is -2.80. The van der Waals surface area contributed by atoms with Gasteiger partial charge in [-0.1, -0.05) is 230 Å². The van der Waals surface area contributed by atoms with E-state index in [2.05, 4.69) is 101 Å². The van der Waals surface area contributed by atoms with Crippen molar-refractivity contribution >= 4 is 23.9 Å². The topological polar surface area (TPSA) is 118 Å². The predicted molar refractivity (Wildman–Crippen MR) is 400 cm³/mol. The SMILES string of the molecule is CC(C)=CCCC(C)CC(=O)OCCCCCCCCCN(CCCCCCCCCOC(=O)CC(C)CCC=C(C)C)CCN(C)C.CN(C)CCN(CCCCCCCCCC(=O)OCCC1CCCCC1)CCCCCCCCCC(=O)OCCC1CCCCC1. The highest BCUT2D eigenvalue weighted by atomic mass is 16.5. The van der Waals surface area contributed by atoms with Gasteiger partial charge in [-0.15, -0.1) is 0 Å². The third-order valence-corrected chi connectivity index (χ3v) is 19.7. The Bertz CT molecular complexity index is 1690. The molecule has 12 nitrogen and oxygen atoms in total. The summed E-state index contributed by atoms with van der Waals surface area (Å²) >= 11 is 0. The third kappa shape index (κ3) is 62.7. The van der Waals surface area contributed by atoms with Crippen molar-refractivity contribution in [1.29, 1.82) is 0 Å². The first-order valence-electron chi connectivity index (χ1n) is 40.2. The number of esters is 4. The highest BCUT2D eigenvalue weighted by Crippen LogP contribution is 2.28. The lowest BCUT2D eigenvalue weighted by Crippen LogP contribution is -2.33. The molecule has 2 atom stereocenters. The predicted octanol–water partition coefficient (Wildman–Crippen LogP) is 21.1. The van der Waals surface area contributed by atoms with E-state index in [1.807, 2.05) is 0 Å². The number of rotatable bonds is 62. The minimum absolute atomic E-state index is 0.0161. The van der Waals surface area contributed by atoms with Gasteiger partial charge < -0.3 is 38.5 Å². The Morgan fingerprint density at radius 3 is 0.915 bits per heavy atom. The van der Waals surface area contributed by atoms with E-state index in [0.717, 1.165) is 121 Å². The maximum Gasteiger partial charge on any atom is 0.306 e. The lowest BCUT2D eigenvalue weighted by atomic mass is 9.87. The van der Waals surface area contributed by atoms with Crippen LogP contribution in [0.3, 0.4) is 0 Å². The summed E-state index contributed by atoms with van der Waals surface area (Å²) in [6, 6.07) is 0. The molecule has 0 aromatic heterocycles. The van der Waals surface area contributed by atoms with Gasteiger partial charge in [-0.2, -0.15) is 0 Å². The zero-order valence-electron chi connectivity index (χ0n) is 63.9. The Labute approximate surface area is 582 Å². The second kappa shape index (κ2) is 64.8. The largest absolute Gasteiger partial charge is 0.466 e. The number of allylic oxidation sites excluding steroid dienone is 4. The van der Waals surface area contributed by atoms with Crippen molar-refractivity contribution in [1.82, 2.24) is 19.6 Å². The van der Waals surface area contributed by atoms with Gasteiger partial charge in [0, 0.05) is 51.9 Å². The van der Waals surface area contributed by atoms with E-state index in [4.69, 9.17) is 18.9 Å². The average molecular weight is 1330 g/mol. The van der Waals surface area contributed by atoms with Gasteiger partial charge >= 0.3 is 23.9 Å². The van der Waals surface area contributed by atoms with E-state index < -0.39 is 0 Å². The highest BCUT2D eigenvalue weighted by molar-refractivity contribution is 5.70. The number of ether oxygens (including phenoxy) is 4. The molecule has 2 aliphatic carbocycles. The van der Waals surface area contributed by atoms with Crippen LogP contribution < -0.4 is 0 Å². The standard InChI is InChI=1S/C42H80N2O4.C40H76N2O4/c1-37(2)25-23-27-39(5)35-41(45)47-33-21-17-13-9-11-15-19-29-44(32-31-43(7)8)30-20-16-12-10-14-18-22-34-48-42(46)36-40(6)28-24-26-38(3)4;1-41(2)33-34-42(31-21-11-7-3-5-9-19-27-39(43)45-35-29-37-23-15-13-16-24-37)32-22-12-8-4-6-10-20-28-40(44)46-36-30-38-25-17-14-18-26-38/h25-26,39-40H,9-24,27-36H2,1-8H3;37-38H,3-36H2,1-2H3. The second-order valence-corrected chi connectivity index (χ2v) is 30.5. The van der Waals surface area contributed by atoms with Gasteiger partial charge in [0.2, 0.25) is 0 Å². The molecular formula is C82H156N4O8. The summed E-state index contributed by atoms with van der Waals surface area (Å²) in [5.41, 5.74) is 2.69. The van der Waals surface area contributed by atoms with Gasteiger partial charge in [-0.05, 0) is 196 Å². The van der Waals surface area contributed by atoms with Crippen LogP contribution in [0.25, 0.3) is 0 Å². The molecule has 0 radical (unpaired) electrons. The molecule has 12 heteroatoms. The van der Waals surface area contributed by atoms with E-state index >= 15 is 0 Å². The van der Waals surface area contributed by atoms with E-state index in [1.165, 1.54) is 236 Å². The maximum absolute atomic E-state index is 12.1. The molecule has 0 heterocycles. The molecule has 2 saturated carbocycles. The monoisotopic (exact) mass is 1330 g/mol. The molecular weight excluding hydrogens is 1170 g/mol. The van der Waals surface area contributed by atoms with Crippen LogP contribution in [-0.2, 0) is 38.1 Å². The molecule has 2 aliphatic rings. The van der Waals surface area contributed by atoms with Crippen molar-refractivity contribution in [3.8, 4) is 0 Å². The molecule has 0 saturated heterocycles. The van der Waals surface area contributed by atoms with Crippen molar-refractivity contribution in [3.63, 3.8) is 0 Å². The van der Waals surface area contributed by atoms with E-state index in [0.29, 0.717) is 63.9 Å². The van der Waals surface area contributed by atoms with Crippen molar-refractivity contribution < 1.29 is 38.1 Å². The summed E-state index contributed by atoms with van der Waals surface area (Å²) in [4.78, 5) is 58.1. The molecule has 2 rings (SSSR count). The summed E-state index contributed by atoms with van der Waals surface area (Å²) in [6.07, 6.45) is 60.9. The number of carbonyl (C=O) groups excluding carboxylic acids is 4. The first kappa shape index (κ1) is 89.2. The van der Waals surface area contributed by atoms with Crippen LogP contribution in [0.2, 0.25) is 0 Å². The van der Waals surface area contributed by atoms with Gasteiger partial charge in [-0.3, -0.25) is 19.2 Å². The van der Waals surface area contributed by atoms with Crippen molar-refractivity contribution in [2.24, 2.45) is 23.7 Å². The van der Waals surface area contributed by atoms with Crippen molar-refractivity contribution in [2.45, 2.75) is 350 Å². The molecule has 0 aromatic carbocycles. The summed E-state index contributed by atoms with van der Waals surface area (Å²) in [6.45, 7) is 24.6. The second-order valence-electron chi connectivity index (χ2n) is 30.5. The first-order chi connectivity index (χ1) is 45.5. The van der Waals surface area contributed by atoms with Crippen LogP contribution in [-0.4, -0.2) is 150 Å². The number of carbonyl (C=O) groups is 4. The van der Waals surface area contributed by atoms with Crippen LogP contribution in [0.5, 0.6) is 0 Å². The molecule has 552 valence electrons. The van der Waals surface area contributed by atoms with E-state index in [9.17, 15) is 19.2 Å². The third-order valence-electron chi connectivity index (χ3n) is 19.7. The summed E-state index contributed by atoms with van der Waals surface area (Å²) in [5.74, 6) is 2.33. The average Bonchev–Trinajstić information content (AvgIpc) is 3.67. The number of likely N-dealkylation sites (N-methyl/N-ethyl adjacent to an activating group) is 2. The smallest absolute Gasteiger partial charge is 0.306 e. The Balaban J connectivity index is 0.000000940. The minimum Gasteiger partial charge on any atom is -0.466 e. The van der Waals surface area contributed by atoms with E-state index in [1.54, 1.807) is 0 Å². The highest BCUT2D eigenvalue weighted by Gasteiger charge is 2.17. The maximum atomic E-state index is 12.1. The first-order valence-corrected chi connectivity index (χ1v) is 40.2. The molecule has 0 aromatic rings. The number of nitrogens with zero attached hydrogens (tertiary/aromatic N) is 4. The fraction of sp³-hybridized carbons (Fsp3) is 0.902. The van der Waals surface area contributed by atoms with Crippen LogP contribution in [0.1, 0.15) is 350 Å². The Morgan fingerprint density at radius 1 is 0.340 bits per heavy atom. The number of hydrogen-bond acceptors (Lipinski definition) is 12. The lowest BCUT2D eigenvalue weighted by Gasteiger charge is -2.24. The molecule has 0 bridgehead atoms. The zero-order valence-corrected chi connectivity index (χ0v) is 63.9. The fourth-order valence-electron chi connectivity index (χ4n) is 13.3. The van der Waals surface area contributed by atoms with Crippen molar-refractivity contribution in [2.75, 3.05) is 107 Å². The molecule has 0 amide bonds. The summed E-state index contributed by atoms with van der Waals surface area (Å²) < 4.78 is 21.9. The van der Waals surface area contributed by atoms with Crippen LogP contribution in [0.4, 0.5) is 0 Å². The summed E-state index contributed by atoms with van der Waals surface area (Å²) in [5, 5.41) is 0. The number of hydrogen-bond donors (Lipinski definition) is 0. The Kier molecular flexibility index (Phi) is 61.5. The fourth-order valence-corrected chi connectivity index (χ4v) is 13.3. The van der Waals surface area contributed by atoms with Crippen LogP contribution in [0.15, 0.2) is 23.3 Å². The molecule has 2 unspecified atom stereocenters. The van der Waals surface area contributed by atoms with Gasteiger partial charge in [-0.25, -0.2) is 0 Å². The molecule has 2 fully saturated rings. The Morgan fingerprint density at radius 2 is 0.617 bits per heavy atom. The number of unbranched alkanes of at least 4 members (excludes halogenated alkanes) is 24. The van der Waals surface area contributed by atoms with Gasteiger partial charge in [0.25, 0.3) is 0 Å². The molecule has 94 heavy (non-hydrogen) atoms.